The van der Waals surface area contributed by atoms with E-state index in [1.807, 2.05) is 31.3 Å². The van der Waals surface area contributed by atoms with Crippen LogP contribution in [-0.4, -0.2) is 28.6 Å². The quantitative estimate of drug-likeness (QED) is 0.809. The van der Waals surface area contributed by atoms with Crippen molar-refractivity contribution in [3.8, 4) is 0 Å². The predicted octanol–water partition coefficient (Wildman–Crippen LogP) is 3.54. The van der Waals surface area contributed by atoms with E-state index in [9.17, 15) is 9.59 Å². The topological polar surface area (TPSA) is 60.3 Å². The number of amides is 1. The third kappa shape index (κ3) is 3.20. The lowest BCUT2D eigenvalue weighted by molar-refractivity contribution is -0.129. The zero-order valence-corrected chi connectivity index (χ0v) is 15.4. The van der Waals surface area contributed by atoms with Gasteiger partial charge in [0.2, 0.25) is 0 Å². The predicted molar refractivity (Wildman–Crippen MR) is 95.9 cm³/mol. The van der Waals surface area contributed by atoms with Crippen molar-refractivity contribution in [1.82, 2.24) is 9.88 Å². The molecule has 0 radical (unpaired) electrons. The number of nitrogens with zero attached hydrogens (tertiary/aromatic N) is 1. The van der Waals surface area contributed by atoms with E-state index in [2.05, 4.69) is 21.2 Å². The molecule has 1 fully saturated rings. The molecule has 1 aliphatic rings. The number of nitrogens with one attached hydrogen (secondary N) is 1. The van der Waals surface area contributed by atoms with E-state index >= 15 is 0 Å². The van der Waals surface area contributed by atoms with Crippen LogP contribution in [0.2, 0.25) is 0 Å². The van der Waals surface area contributed by atoms with Gasteiger partial charge in [-0.2, -0.15) is 0 Å². The van der Waals surface area contributed by atoms with Crippen molar-refractivity contribution in [2.45, 2.75) is 44.8 Å². The molecule has 0 unspecified atom stereocenters. The molecule has 1 saturated carbocycles. The van der Waals surface area contributed by atoms with Crippen LogP contribution in [0.4, 0.5) is 0 Å². The number of carbonyl (C=O) groups excluding carboxylic acids is 2. The fraction of sp³-hybridized carbons (Fsp3) is 0.444. The Morgan fingerprint density at radius 1 is 1.29 bits per heavy atom. The van der Waals surface area contributed by atoms with Crippen LogP contribution in [0.15, 0.2) is 28.7 Å². The second-order valence-electron chi connectivity index (χ2n) is 6.28. The van der Waals surface area contributed by atoms with Crippen molar-refractivity contribution in [1.29, 1.82) is 0 Å². The lowest BCUT2D eigenvalue weighted by Crippen LogP contribution is -2.41. The first-order chi connectivity index (χ1) is 11.5. The summed E-state index contributed by atoms with van der Waals surface area (Å²) in [6.45, 7) is 1.61. The standard InChI is InChI=1S/C18H21BrN2O3/c1-11(17(22)20-12-7-3-4-8-12)24-18(23)16-15(19)13-9-5-6-10-14(13)21(16)2/h5-6,9-12H,3-4,7-8H2,1-2H3,(H,20,22)/t11-/m1/s1. The fourth-order valence-corrected chi connectivity index (χ4v) is 4.00. The maximum Gasteiger partial charge on any atom is 0.356 e. The number of aryl methyl sites for hydroxylation is 1. The fourth-order valence-electron chi connectivity index (χ4n) is 3.23. The molecule has 1 atom stereocenters. The van der Waals surface area contributed by atoms with Gasteiger partial charge in [-0.25, -0.2) is 4.79 Å². The number of carbonyl (C=O) groups is 2. The third-order valence-corrected chi connectivity index (χ3v) is 5.40. The van der Waals surface area contributed by atoms with E-state index in [1.54, 1.807) is 11.5 Å². The van der Waals surface area contributed by atoms with Crippen molar-refractivity contribution in [2.75, 3.05) is 0 Å². The highest BCUT2D eigenvalue weighted by Gasteiger charge is 2.26. The van der Waals surface area contributed by atoms with Crippen molar-refractivity contribution < 1.29 is 14.3 Å². The zero-order chi connectivity index (χ0) is 17.3. The first-order valence-corrected chi connectivity index (χ1v) is 9.02. The summed E-state index contributed by atoms with van der Waals surface area (Å²) in [5.41, 5.74) is 1.34. The van der Waals surface area contributed by atoms with Crippen LogP contribution >= 0.6 is 15.9 Å². The third-order valence-electron chi connectivity index (χ3n) is 4.59. The van der Waals surface area contributed by atoms with Crippen LogP contribution in [0.1, 0.15) is 43.1 Å². The summed E-state index contributed by atoms with van der Waals surface area (Å²) in [6, 6.07) is 7.92. The summed E-state index contributed by atoms with van der Waals surface area (Å²) < 4.78 is 7.87. The van der Waals surface area contributed by atoms with Gasteiger partial charge in [0.15, 0.2) is 6.10 Å². The van der Waals surface area contributed by atoms with Gasteiger partial charge in [-0.15, -0.1) is 0 Å². The number of hydrogen-bond acceptors (Lipinski definition) is 3. The molecule has 0 saturated heterocycles. The van der Waals surface area contributed by atoms with Crippen LogP contribution in [0.3, 0.4) is 0 Å². The molecule has 6 heteroatoms. The molecular weight excluding hydrogens is 372 g/mol. The van der Waals surface area contributed by atoms with Crippen molar-refractivity contribution in [3.63, 3.8) is 0 Å². The van der Waals surface area contributed by atoms with Crippen molar-refractivity contribution >= 4 is 38.7 Å². The monoisotopic (exact) mass is 392 g/mol. The van der Waals surface area contributed by atoms with Gasteiger partial charge in [-0.3, -0.25) is 4.79 Å². The molecule has 5 nitrogen and oxygen atoms in total. The number of aromatic nitrogens is 1. The molecule has 1 aromatic carbocycles. The molecule has 3 rings (SSSR count). The highest BCUT2D eigenvalue weighted by molar-refractivity contribution is 9.10. The molecule has 128 valence electrons. The zero-order valence-electron chi connectivity index (χ0n) is 13.8. The first kappa shape index (κ1) is 17.0. The van der Waals surface area contributed by atoms with Crippen LogP contribution < -0.4 is 5.32 Å². The van der Waals surface area contributed by atoms with E-state index in [0.717, 1.165) is 36.6 Å². The summed E-state index contributed by atoms with van der Waals surface area (Å²) >= 11 is 3.48. The number of para-hydroxylation sites is 1. The summed E-state index contributed by atoms with van der Waals surface area (Å²) in [5, 5.41) is 3.90. The Balaban J connectivity index is 1.73. The normalized spacial score (nSPS) is 16.3. The molecule has 1 heterocycles. The molecule has 0 bridgehead atoms. The molecule has 1 amide bonds. The van der Waals surface area contributed by atoms with Crippen molar-refractivity contribution in [2.24, 2.45) is 7.05 Å². The van der Waals surface area contributed by atoms with Gasteiger partial charge >= 0.3 is 5.97 Å². The summed E-state index contributed by atoms with van der Waals surface area (Å²) in [7, 11) is 1.81. The average molecular weight is 393 g/mol. The van der Waals surface area contributed by atoms with Crippen LogP contribution in [0, 0.1) is 0 Å². The van der Waals surface area contributed by atoms with E-state index in [-0.39, 0.29) is 11.9 Å². The number of benzene rings is 1. The van der Waals surface area contributed by atoms with Crippen LogP contribution in [0.5, 0.6) is 0 Å². The Kier molecular flexibility index (Phi) is 4.94. The van der Waals surface area contributed by atoms with E-state index in [0.29, 0.717) is 10.2 Å². The molecule has 1 aromatic heterocycles. The largest absolute Gasteiger partial charge is 0.448 e. The van der Waals surface area contributed by atoms with Gasteiger partial charge in [0.05, 0.1) is 4.47 Å². The Morgan fingerprint density at radius 2 is 1.96 bits per heavy atom. The minimum atomic E-state index is -0.817. The van der Waals surface area contributed by atoms with Crippen LogP contribution in [-0.2, 0) is 16.6 Å². The molecule has 0 aliphatic heterocycles. The van der Waals surface area contributed by atoms with Gasteiger partial charge < -0.3 is 14.6 Å². The highest BCUT2D eigenvalue weighted by Crippen LogP contribution is 2.30. The van der Waals surface area contributed by atoms with Crippen LogP contribution in [0.25, 0.3) is 10.9 Å². The van der Waals surface area contributed by atoms with E-state index < -0.39 is 12.1 Å². The minimum Gasteiger partial charge on any atom is -0.448 e. The Morgan fingerprint density at radius 3 is 2.62 bits per heavy atom. The van der Waals surface area contributed by atoms with Crippen molar-refractivity contribution in [3.05, 3.63) is 34.4 Å². The van der Waals surface area contributed by atoms with E-state index in [1.165, 1.54) is 0 Å². The summed E-state index contributed by atoms with van der Waals surface area (Å²) in [4.78, 5) is 24.8. The molecule has 0 spiro atoms. The lowest BCUT2D eigenvalue weighted by Gasteiger charge is -2.17. The minimum absolute atomic E-state index is 0.211. The number of rotatable bonds is 4. The number of ether oxygens (including phenoxy) is 1. The highest BCUT2D eigenvalue weighted by atomic mass is 79.9. The van der Waals surface area contributed by atoms with Gasteiger partial charge in [0.25, 0.3) is 5.91 Å². The second kappa shape index (κ2) is 6.97. The molecule has 1 N–H and O–H groups in total. The van der Waals surface area contributed by atoms with E-state index in [4.69, 9.17) is 4.74 Å². The molecule has 2 aromatic rings. The number of halogens is 1. The molecule has 1 aliphatic carbocycles. The van der Waals surface area contributed by atoms with Gasteiger partial charge in [0.1, 0.15) is 5.69 Å². The Labute approximate surface area is 149 Å². The van der Waals surface area contributed by atoms with Gasteiger partial charge in [-0.1, -0.05) is 31.0 Å². The Hall–Kier alpha value is -1.82. The molecular formula is C18H21BrN2O3. The average Bonchev–Trinajstić information content (AvgIpc) is 3.15. The number of esters is 1. The first-order valence-electron chi connectivity index (χ1n) is 8.23. The van der Waals surface area contributed by atoms with Gasteiger partial charge in [-0.05, 0) is 41.8 Å². The Bertz CT molecular complexity index is 739. The molecule has 24 heavy (non-hydrogen) atoms. The summed E-state index contributed by atoms with van der Waals surface area (Å²) in [5.74, 6) is -0.736. The second-order valence-corrected chi connectivity index (χ2v) is 7.07. The maximum atomic E-state index is 12.6. The maximum absolute atomic E-state index is 12.6. The number of hydrogen-bond donors (Lipinski definition) is 1. The smallest absolute Gasteiger partial charge is 0.356 e. The van der Waals surface area contributed by atoms with Gasteiger partial charge in [0, 0.05) is 24.0 Å². The summed E-state index contributed by atoms with van der Waals surface area (Å²) in [6.07, 6.45) is 3.47. The number of fused-ring (bicyclic) bond motifs is 1. The SMILES string of the molecule is C[C@@H](OC(=O)c1c(Br)c2ccccc2n1C)C(=O)NC1CCCC1. The lowest BCUT2D eigenvalue weighted by atomic mass is 10.2.